The van der Waals surface area contributed by atoms with E-state index in [4.69, 9.17) is 5.73 Å². The van der Waals surface area contributed by atoms with Crippen LogP contribution in [0, 0.1) is 11.6 Å². The van der Waals surface area contributed by atoms with Crippen LogP contribution < -0.4 is 11.3 Å². The molecule has 1 aromatic carbocycles. The number of fused-ring (bicyclic) bond motifs is 3. The molecule has 0 unspecified atom stereocenters. The first-order valence-electron chi connectivity index (χ1n) is 4.90. The van der Waals surface area contributed by atoms with Crippen LogP contribution in [0.5, 0.6) is 0 Å². The van der Waals surface area contributed by atoms with Gasteiger partial charge in [-0.25, -0.2) is 8.78 Å². The topological polar surface area (TPSA) is 68.9 Å². The van der Waals surface area contributed by atoms with Crippen LogP contribution in [0.4, 0.5) is 13.9 Å². The van der Waals surface area contributed by atoms with Gasteiger partial charge in [0.15, 0.2) is 10.9 Å². The Hall–Kier alpha value is -2.15. The molecule has 0 aliphatic heterocycles. The Morgan fingerprint density at radius 2 is 2.00 bits per heavy atom. The number of anilines is 1. The standard InChI is InChI=1S/C11H5F2N3OS/c12-4-1-5-8(7(13)2-4)15-3-6-9(5)18-11(14)16-10(6)17/h1-3H,(H2,14,16,17). The summed E-state index contributed by atoms with van der Waals surface area (Å²) in [6, 6.07) is 1.87. The number of benzene rings is 1. The van der Waals surface area contributed by atoms with Crippen molar-refractivity contribution >= 4 is 37.5 Å². The van der Waals surface area contributed by atoms with E-state index in [2.05, 4.69) is 9.97 Å². The summed E-state index contributed by atoms with van der Waals surface area (Å²) in [5.41, 5.74) is 4.94. The van der Waals surface area contributed by atoms with Crippen molar-refractivity contribution in [1.82, 2.24) is 9.97 Å². The Morgan fingerprint density at radius 3 is 2.78 bits per heavy atom. The fourth-order valence-corrected chi connectivity index (χ4v) is 2.61. The molecule has 7 heteroatoms. The lowest BCUT2D eigenvalue weighted by Crippen LogP contribution is -2.08. The third kappa shape index (κ3) is 1.52. The van der Waals surface area contributed by atoms with E-state index >= 15 is 0 Å². The van der Waals surface area contributed by atoms with Crippen LogP contribution in [-0.4, -0.2) is 9.97 Å². The third-order valence-corrected chi connectivity index (χ3v) is 3.43. The summed E-state index contributed by atoms with van der Waals surface area (Å²) in [5, 5.41) is 0.470. The number of halogens is 2. The van der Waals surface area contributed by atoms with E-state index in [1.807, 2.05) is 0 Å². The normalized spacial score (nSPS) is 11.2. The molecule has 2 N–H and O–H groups in total. The molecule has 0 atom stereocenters. The molecule has 0 spiro atoms. The molecule has 2 heterocycles. The lowest BCUT2D eigenvalue weighted by Gasteiger charge is -2.03. The molecule has 0 amide bonds. The van der Waals surface area contributed by atoms with Gasteiger partial charge in [0.1, 0.15) is 11.3 Å². The zero-order valence-corrected chi connectivity index (χ0v) is 9.59. The van der Waals surface area contributed by atoms with Gasteiger partial charge in [-0.15, -0.1) is 0 Å². The van der Waals surface area contributed by atoms with Crippen LogP contribution in [0.2, 0.25) is 0 Å². The molecule has 18 heavy (non-hydrogen) atoms. The minimum Gasteiger partial charge on any atom is -0.375 e. The summed E-state index contributed by atoms with van der Waals surface area (Å²) < 4.78 is 27.2. The molecule has 2 aromatic heterocycles. The molecule has 0 saturated carbocycles. The second-order valence-corrected chi connectivity index (χ2v) is 4.67. The first-order chi connectivity index (χ1) is 8.56. The van der Waals surface area contributed by atoms with E-state index in [9.17, 15) is 13.6 Å². The molecule has 3 rings (SSSR count). The number of pyridine rings is 1. The maximum absolute atomic E-state index is 13.6. The van der Waals surface area contributed by atoms with Gasteiger partial charge in [-0.2, -0.15) is 4.98 Å². The molecule has 4 nitrogen and oxygen atoms in total. The van der Waals surface area contributed by atoms with Gasteiger partial charge in [0.05, 0.1) is 10.1 Å². The Labute approximate surface area is 103 Å². The van der Waals surface area contributed by atoms with E-state index in [1.165, 1.54) is 6.20 Å². The van der Waals surface area contributed by atoms with Crippen LogP contribution in [-0.2, 0) is 0 Å². The Morgan fingerprint density at radius 1 is 1.22 bits per heavy atom. The number of nitrogen functional groups attached to an aromatic ring is 1. The van der Waals surface area contributed by atoms with Gasteiger partial charge in [0.25, 0.3) is 5.56 Å². The molecule has 90 valence electrons. The minimum atomic E-state index is -0.776. The van der Waals surface area contributed by atoms with E-state index in [0.29, 0.717) is 4.70 Å². The highest BCUT2D eigenvalue weighted by Crippen LogP contribution is 2.28. The van der Waals surface area contributed by atoms with E-state index in [0.717, 1.165) is 23.5 Å². The van der Waals surface area contributed by atoms with Crippen LogP contribution in [0.15, 0.2) is 23.1 Å². The summed E-state index contributed by atoms with van der Waals surface area (Å²) in [5.74, 6) is -1.51. The average molecular weight is 265 g/mol. The van der Waals surface area contributed by atoms with Crippen LogP contribution >= 0.6 is 11.3 Å². The highest BCUT2D eigenvalue weighted by atomic mass is 32.1. The van der Waals surface area contributed by atoms with Crippen LogP contribution in [0.25, 0.3) is 21.0 Å². The van der Waals surface area contributed by atoms with Gasteiger partial charge in [0.2, 0.25) is 0 Å². The molecule has 0 fully saturated rings. The second-order valence-electron chi connectivity index (χ2n) is 3.64. The summed E-state index contributed by atoms with van der Waals surface area (Å²) in [7, 11) is 0. The molecule has 0 saturated heterocycles. The molecule has 0 bridgehead atoms. The third-order valence-electron chi connectivity index (χ3n) is 2.49. The number of hydrogen-bond acceptors (Lipinski definition) is 5. The monoisotopic (exact) mass is 265 g/mol. The van der Waals surface area contributed by atoms with Gasteiger partial charge in [-0.1, -0.05) is 11.3 Å². The first kappa shape index (κ1) is 11.0. The first-order valence-corrected chi connectivity index (χ1v) is 5.72. The average Bonchev–Trinajstić information content (AvgIpc) is 2.28. The Bertz CT molecular complexity index is 847. The van der Waals surface area contributed by atoms with Gasteiger partial charge in [-0.05, 0) is 6.07 Å². The summed E-state index contributed by atoms with van der Waals surface area (Å²) >= 11 is 0.996. The fraction of sp³-hybridized carbons (Fsp3) is 0. The van der Waals surface area contributed by atoms with Gasteiger partial charge in [0, 0.05) is 17.6 Å². The van der Waals surface area contributed by atoms with E-state index in [1.54, 1.807) is 0 Å². The van der Waals surface area contributed by atoms with Crippen molar-refractivity contribution in [2.45, 2.75) is 0 Å². The lowest BCUT2D eigenvalue weighted by atomic mass is 10.2. The van der Waals surface area contributed by atoms with Crippen molar-refractivity contribution in [1.29, 1.82) is 0 Å². The van der Waals surface area contributed by atoms with Crippen LogP contribution in [0.3, 0.4) is 0 Å². The predicted molar refractivity (Wildman–Crippen MR) is 65.5 cm³/mol. The van der Waals surface area contributed by atoms with Gasteiger partial charge in [-0.3, -0.25) is 9.78 Å². The lowest BCUT2D eigenvalue weighted by molar-refractivity contribution is 0.590. The summed E-state index contributed by atoms with van der Waals surface area (Å²) in [6.45, 7) is 0. The van der Waals surface area contributed by atoms with E-state index in [-0.39, 0.29) is 21.4 Å². The van der Waals surface area contributed by atoms with Crippen molar-refractivity contribution < 1.29 is 8.78 Å². The van der Waals surface area contributed by atoms with Gasteiger partial charge < -0.3 is 5.73 Å². The quantitative estimate of drug-likeness (QED) is 0.632. The largest absolute Gasteiger partial charge is 0.375 e. The second kappa shape index (κ2) is 3.67. The molecule has 3 aromatic rings. The van der Waals surface area contributed by atoms with Crippen molar-refractivity contribution in [2.75, 3.05) is 5.73 Å². The van der Waals surface area contributed by atoms with Crippen LogP contribution in [0.1, 0.15) is 0 Å². The van der Waals surface area contributed by atoms with Crippen molar-refractivity contribution in [3.8, 4) is 0 Å². The Balaban J connectivity index is 2.64. The van der Waals surface area contributed by atoms with Crippen molar-refractivity contribution in [3.63, 3.8) is 0 Å². The molecular formula is C11H5F2N3OS. The maximum atomic E-state index is 13.6. The molecule has 0 aliphatic rings. The molecule has 0 aliphatic carbocycles. The number of rotatable bonds is 0. The molecular weight excluding hydrogens is 260 g/mol. The highest BCUT2D eigenvalue weighted by Gasteiger charge is 2.12. The SMILES string of the molecule is Nc1nc(=O)c2cnc3c(F)cc(F)cc3c2s1. The fourth-order valence-electron chi connectivity index (χ4n) is 1.75. The zero-order valence-electron chi connectivity index (χ0n) is 8.78. The number of aromatic nitrogens is 2. The van der Waals surface area contributed by atoms with Crippen molar-refractivity contribution in [3.05, 3.63) is 40.3 Å². The Kier molecular flexibility index (Phi) is 2.24. The summed E-state index contributed by atoms with van der Waals surface area (Å²) in [6.07, 6.45) is 1.23. The number of hydrogen-bond donors (Lipinski definition) is 1. The number of nitrogens with two attached hydrogens (primary N) is 1. The maximum Gasteiger partial charge on any atom is 0.282 e. The highest BCUT2D eigenvalue weighted by molar-refractivity contribution is 7.22. The predicted octanol–water partition coefficient (Wildman–Crippen LogP) is 2.07. The summed E-state index contributed by atoms with van der Waals surface area (Å²) in [4.78, 5) is 19.0. The number of nitrogens with zero attached hydrogens (tertiary/aromatic N) is 2. The minimum absolute atomic E-state index is 0.00477. The van der Waals surface area contributed by atoms with Crippen molar-refractivity contribution in [2.24, 2.45) is 0 Å². The van der Waals surface area contributed by atoms with E-state index < -0.39 is 17.2 Å². The van der Waals surface area contributed by atoms with Gasteiger partial charge >= 0.3 is 0 Å². The molecule has 0 radical (unpaired) electrons. The smallest absolute Gasteiger partial charge is 0.282 e. The zero-order chi connectivity index (χ0) is 12.9.